The molecule has 2 unspecified atom stereocenters. The van der Waals surface area contributed by atoms with Gasteiger partial charge >= 0.3 is 0 Å². The minimum absolute atomic E-state index is 0.152. The molecule has 1 fully saturated rings. The molecule has 1 aliphatic heterocycles. The second kappa shape index (κ2) is 10.4. The van der Waals surface area contributed by atoms with Crippen LogP contribution in [0.25, 0.3) is 0 Å². The van der Waals surface area contributed by atoms with Crippen molar-refractivity contribution in [2.45, 2.75) is 37.5 Å². The molecule has 1 amide bonds. The summed E-state index contributed by atoms with van der Waals surface area (Å²) in [5.74, 6) is 0.596. The zero-order chi connectivity index (χ0) is 23.3. The Kier molecular flexibility index (Phi) is 7.89. The van der Waals surface area contributed by atoms with Gasteiger partial charge in [-0.15, -0.1) is 0 Å². The molecule has 1 saturated heterocycles. The van der Waals surface area contributed by atoms with Crippen LogP contribution in [0.3, 0.4) is 0 Å². The van der Waals surface area contributed by atoms with Crippen molar-refractivity contribution in [3.05, 3.63) is 54.1 Å². The van der Waals surface area contributed by atoms with Crippen LogP contribution in [0, 0.1) is 0 Å². The summed E-state index contributed by atoms with van der Waals surface area (Å²) in [7, 11) is -0.130. The fourth-order valence-electron chi connectivity index (χ4n) is 3.77. The van der Waals surface area contributed by atoms with Crippen molar-refractivity contribution in [3.63, 3.8) is 0 Å². The molecule has 32 heavy (non-hydrogen) atoms. The predicted octanol–water partition coefficient (Wildman–Crippen LogP) is 2.56. The van der Waals surface area contributed by atoms with E-state index in [0.29, 0.717) is 25.3 Å². The van der Waals surface area contributed by atoms with Crippen molar-refractivity contribution in [2.75, 3.05) is 39.1 Å². The van der Waals surface area contributed by atoms with Gasteiger partial charge in [0.1, 0.15) is 5.75 Å². The van der Waals surface area contributed by atoms with Crippen molar-refractivity contribution < 1.29 is 22.7 Å². The molecule has 0 saturated carbocycles. The number of rotatable bonds is 8. The highest BCUT2D eigenvalue weighted by molar-refractivity contribution is 7.89. The van der Waals surface area contributed by atoms with Gasteiger partial charge in [0.25, 0.3) is 0 Å². The van der Waals surface area contributed by atoms with Crippen molar-refractivity contribution in [2.24, 2.45) is 0 Å². The third kappa shape index (κ3) is 6.29. The predicted molar refractivity (Wildman–Crippen MR) is 123 cm³/mol. The summed E-state index contributed by atoms with van der Waals surface area (Å²) >= 11 is 0. The Labute approximate surface area is 190 Å². The quantitative estimate of drug-likeness (QED) is 0.650. The SMILES string of the molecule is COc1cccc(CN(C)CC(=O)Nc2ccc(S(=O)(=O)N3CC(C)OC(C)C3)cc2)c1. The van der Waals surface area contributed by atoms with Crippen LogP contribution in [0.15, 0.2) is 53.4 Å². The van der Waals surface area contributed by atoms with Crippen LogP contribution in [0.1, 0.15) is 19.4 Å². The third-order valence-electron chi connectivity index (χ3n) is 5.16. The highest BCUT2D eigenvalue weighted by Crippen LogP contribution is 2.22. The number of nitrogens with zero attached hydrogens (tertiary/aromatic N) is 2. The van der Waals surface area contributed by atoms with E-state index in [1.807, 2.05) is 50.1 Å². The van der Waals surface area contributed by atoms with Crippen LogP contribution in [0.5, 0.6) is 5.75 Å². The Balaban J connectivity index is 1.57. The molecule has 9 heteroatoms. The standard InChI is InChI=1S/C23H31N3O5S/c1-17-13-26(14-18(2)31-17)32(28,29)22-10-8-20(9-11-22)24-23(27)16-25(3)15-19-6-5-7-21(12-19)30-4/h5-12,17-18H,13-16H2,1-4H3,(H,24,27). The minimum Gasteiger partial charge on any atom is -0.497 e. The van der Waals surface area contributed by atoms with Gasteiger partial charge in [-0.25, -0.2) is 8.42 Å². The molecule has 2 aromatic rings. The molecular weight excluding hydrogens is 430 g/mol. The molecule has 174 valence electrons. The van der Waals surface area contributed by atoms with E-state index in [4.69, 9.17) is 9.47 Å². The zero-order valence-electron chi connectivity index (χ0n) is 18.9. The molecule has 1 N–H and O–H groups in total. The Hall–Kier alpha value is -2.46. The van der Waals surface area contributed by atoms with Crippen LogP contribution in [-0.2, 0) is 26.1 Å². The summed E-state index contributed by atoms with van der Waals surface area (Å²) in [6.45, 7) is 5.17. The summed E-state index contributed by atoms with van der Waals surface area (Å²) in [6.07, 6.45) is -0.304. The molecule has 2 atom stereocenters. The molecule has 0 aliphatic carbocycles. The number of carbonyl (C=O) groups is 1. The summed E-state index contributed by atoms with van der Waals surface area (Å²) in [5.41, 5.74) is 1.59. The van der Waals surface area contributed by atoms with E-state index in [-0.39, 0.29) is 29.6 Å². The summed E-state index contributed by atoms with van der Waals surface area (Å²) in [4.78, 5) is 14.5. The molecule has 8 nitrogen and oxygen atoms in total. The number of likely N-dealkylation sites (N-methyl/N-ethyl adjacent to an activating group) is 1. The Morgan fingerprint density at radius 1 is 1.16 bits per heavy atom. The lowest BCUT2D eigenvalue weighted by atomic mass is 10.2. The fourth-order valence-corrected chi connectivity index (χ4v) is 5.36. The third-order valence-corrected chi connectivity index (χ3v) is 7.01. The van der Waals surface area contributed by atoms with Crippen molar-refractivity contribution in [3.8, 4) is 5.75 Å². The minimum atomic E-state index is -3.61. The van der Waals surface area contributed by atoms with Crippen LogP contribution < -0.4 is 10.1 Å². The Morgan fingerprint density at radius 2 is 1.81 bits per heavy atom. The van der Waals surface area contributed by atoms with Crippen LogP contribution in [0.4, 0.5) is 5.69 Å². The van der Waals surface area contributed by atoms with Gasteiger partial charge < -0.3 is 14.8 Å². The molecule has 0 radical (unpaired) electrons. The largest absolute Gasteiger partial charge is 0.497 e. The Morgan fingerprint density at radius 3 is 2.44 bits per heavy atom. The van der Waals surface area contributed by atoms with E-state index < -0.39 is 10.0 Å². The number of benzene rings is 2. The van der Waals surface area contributed by atoms with Gasteiger partial charge in [0.15, 0.2) is 0 Å². The van der Waals surface area contributed by atoms with Crippen LogP contribution in [0.2, 0.25) is 0 Å². The monoisotopic (exact) mass is 461 g/mol. The Bertz CT molecular complexity index is 1020. The van der Waals surface area contributed by atoms with E-state index in [9.17, 15) is 13.2 Å². The molecule has 1 aliphatic rings. The maximum atomic E-state index is 12.9. The smallest absolute Gasteiger partial charge is 0.243 e. The van der Waals surface area contributed by atoms with Gasteiger partial charge in [-0.2, -0.15) is 4.31 Å². The molecule has 0 aromatic heterocycles. The first-order valence-corrected chi connectivity index (χ1v) is 12.0. The summed E-state index contributed by atoms with van der Waals surface area (Å²) in [5, 5.41) is 2.82. The van der Waals surface area contributed by atoms with E-state index in [1.54, 1.807) is 19.2 Å². The fraction of sp³-hybridized carbons (Fsp3) is 0.435. The van der Waals surface area contributed by atoms with Gasteiger partial charge in [0.2, 0.25) is 15.9 Å². The number of methoxy groups -OCH3 is 1. The molecular formula is C23H31N3O5S. The number of amides is 1. The van der Waals surface area contributed by atoms with Gasteiger partial charge in [0, 0.05) is 25.3 Å². The average Bonchev–Trinajstić information content (AvgIpc) is 2.73. The first-order chi connectivity index (χ1) is 15.2. The normalized spacial score (nSPS) is 19.7. The number of nitrogens with one attached hydrogen (secondary N) is 1. The van der Waals surface area contributed by atoms with Crippen molar-refractivity contribution in [1.29, 1.82) is 0 Å². The lowest BCUT2D eigenvalue weighted by molar-refractivity contribution is -0.117. The average molecular weight is 462 g/mol. The topological polar surface area (TPSA) is 88.2 Å². The van der Waals surface area contributed by atoms with E-state index >= 15 is 0 Å². The summed E-state index contributed by atoms with van der Waals surface area (Å²) in [6, 6.07) is 14.0. The van der Waals surface area contributed by atoms with Gasteiger partial charge in [0.05, 0.1) is 30.8 Å². The number of hydrogen-bond donors (Lipinski definition) is 1. The second-order valence-electron chi connectivity index (χ2n) is 8.18. The highest BCUT2D eigenvalue weighted by Gasteiger charge is 2.32. The van der Waals surface area contributed by atoms with Crippen molar-refractivity contribution in [1.82, 2.24) is 9.21 Å². The van der Waals surface area contributed by atoms with Crippen LogP contribution in [-0.4, -0.2) is 69.5 Å². The highest BCUT2D eigenvalue weighted by atomic mass is 32.2. The van der Waals surface area contributed by atoms with Gasteiger partial charge in [-0.3, -0.25) is 9.69 Å². The van der Waals surface area contributed by atoms with E-state index in [0.717, 1.165) is 11.3 Å². The first kappa shape index (κ1) is 24.2. The maximum absolute atomic E-state index is 12.9. The molecule has 0 bridgehead atoms. The van der Waals surface area contributed by atoms with Crippen molar-refractivity contribution >= 4 is 21.6 Å². The summed E-state index contributed by atoms with van der Waals surface area (Å²) < 4.78 is 38.2. The second-order valence-corrected chi connectivity index (χ2v) is 10.1. The molecule has 0 spiro atoms. The number of carbonyl (C=O) groups excluding carboxylic acids is 1. The zero-order valence-corrected chi connectivity index (χ0v) is 19.8. The lowest BCUT2D eigenvalue weighted by Crippen LogP contribution is -2.48. The first-order valence-electron chi connectivity index (χ1n) is 10.5. The van der Waals surface area contributed by atoms with E-state index in [1.165, 1.54) is 16.4 Å². The van der Waals surface area contributed by atoms with Gasteiger partial charge in [-0.1, -0.05) is 12.1 Å². The number of anilines is 1. The van der Waals surface area contributed by atoms with Gasteiger partial charge in [-0.05, 0) is 62.9 Å². The van der Waals surface area contributed by atoms with E-state index in [2.05, 4.69) is 5.32 Å². The number of morpholine rings is 1. The number of hydrogen-bond acceptors (Lipinski definition) is 6. The lowest BCUT2D eigenvalue weighted by Gasteiger charge is -2.34. The number of ether oxygens (including phenoxy) is 2. The molecule has 1 heterocycles. The molecule has 2 aromatic carbocycles. The maximum Gasteiger partial charge on any atom is 0.243 e. The molecule has 3 rings (SSSR count). The van der Waals surface area contributed by atoms with Crippen LogP contribution >= 0.6 is 0 Å². The number of sulfonamides is 1.